The predicted molar refractivity (Wildman–Crippen MR) is 63.0 cm³/mol. The van der Waals surface area contributed by atoms with Crippen molar-refractivity contribution in [2.24, 2.45) is 0 Å². The number of hydrogen-bond donors (Lipinski definition) is 2. The number of carbonyl (C=O) groups excluding carboxylic acids is 1. The predicted octanol–water partition coefficient (Wildman–Crippen LogP) is 0.389. The lowest BCUT2D eigenvalue weighted by atomic mass is 10.3. The van der Waals surface area contributed by atoms with E-state index >= 15 is 0 Å². The van der Waals surface area contributed by atoms with Gasteiger partial charge in [0.05, 0.1) is 6.33 Å². The van der Waals surface area contributed by atoms with Gasteiger partial charge in [-0.2, -0.15) is 0 Å². The minimum atomic E-state index is 0.117. The number of carbonyl (C=O) groups is 1. The fourth-order valence-electron chi connectivity index (χ4n) is 1.38. The maximum atomic E-state index is 11.3. The molecule has 90 valence electrons. The maximum Gasteiger partial charge on any atom is 0.221 e. The van der Waals surface area contributed by atoms with Crippen molar-refractivity contribution in [1.82, 2.24) is 20.2 Å². The molecule has 16 heavy (non-hydrogen) atoms. The number of rotatable bonds is 8. The number of imidazole rings is 1. The Labute approximate surface area is 96.3 Å². The molecule has 2 N–H and O–H groups in total. The number of aromatic nitrogens is 2. The fraction of sp³-hybridized carbons (Fsp3) is 0.636. The van der Waals surface area contributed by atoms with Gasteiger partial charge in [-0.05, 0) is 13.0 Å². The summed E-state index contributed by atoms with van der Waals surface area (Å²) in [5, 5.41) is 6.01. The van der Waals surface area contributed by atoms with Crippen molar-refractivity contribution in [3.63, 3.8) is 0 Å². The van der Waals surface area contributed by atoms with Gasteiger partial charge in [-0.25, -0.2) is 4.98 Å². The SMILES string of the molecule is CCNCCC(=O)NCCCn1ccnc1. The minimum absolute atomic E-state index is 0.117. The number of aryl methyl sites for hydroxylation is 1. The highest BCUT2D eigenvalue weighted by atomic mass is 16.1. The second-order valence-electron chi connectivity index (χ2n) is 3.61. The van der Waals surface area contributed by atoms with E-state index in [1.54, 1.807) is 12.5 Å². The molecule has 0 bridgehead atoms. The Morgan fingerprint density at radius 1 is 1.44 bits per heavy atom. The van der Waals surface area contributed by atoms with Gasteiger partial charge in [0.2, 0.25) is 5.91 Å². The minimum Gasteiger partial charge on any atom is -0.356 e. The summed E-state index contributed by atoms with van der Waals surface area (Å²) in [4.78, 5) is 15.3. The normalized spacial score (nSPS) is 10.3. The van der Waals surface area contributed by atoms with Crippen LogP contribution in [0.25, 0.3) is 0 Å². The molecule has 1 rings (SSSR count). The van der Waals surface area contributed by atoms with E-state index in [9.17, 15) is 4.79 Å². The van der Waals surface area contributed by atoms with Gasteiger partial charge >= 0.3 is 0 Å². The summed E-state index contributed by atoms with van der Waals surface area (Å²) < 4.78 is 2.00. The Kier molecular flexibility index (Phi) is 6.25. The molecule has 0 fully saturated rings. The first-order valence-corrected chi connectivity index (χ1v) is 5.76. The van der Waals surface area contributed by atoms with Crippen molar-refractivity contribution in [2.75, 3.05) is 19.6 Å². The number of hydrogen-bond acceptors (Lipinski definition) is 3. The largest absolute Gasteiger partial charge is 0.356 e. The topological polar surface area (TPSA) is 59.0 Å². The van der Waals surface area contributed by atoms with Crippen molar-refractivity contribution >= 4 is 5.91 Å². The lowest BCUT2D eigenvalue weighted by Crippen LogP contribution is -2.28. The summed E-state index contributed by atoms with van der Waals surface area (Å²) in [5.74, 6) is 0.117. The zero-order valence-corrected chi connectivity index (χ0v) is 9.78. The van der Waals surface area contributed by atoms with Crippen LogP contribution < -0.4 is 10.6 Å². The molecule has 0 atom stereocenters. The van der Waals surface area contributed by atoms with Crippen molar-refractivity contribution < 1.29 is 4.79 Å². The quantitative estimate of drug-likeness (QED) is 0.628. The molecule has 0 spiro atoms. The van der Waals surface area contributed by atoms with E-state index in [4.69, 9.17) is 0 Å². The van der Waals surface area contributed by atoms with Crippen LogP contribution in [0.4, 0.5) is 0 Å². The molecule has 0 saturated heterocycles. The van der Waals surface area contributed by atoms with Crippen molar-refractivity contribution in [2.45, 2.75) is 26.3 Å². The Morgan fingerprint density at radius 2 is 2.31 bits per heavy atom. The lowest BCUT2D eigenvalue weighted by molar-refractivity contribution is -0.121. The average molecular weight is 224 g/mol. The summed E-state index contributed by atoms with van der Waals surface area (Å²) in [6, 6.07) is 0. The van der Waals surface area contributed by atoms with Gasteiger partial charge in [-0.3, -0.25) is 4.79 Å². The van der Waals surface area contributed by atoms with Gasteiger partial charge in [-0.1, -0.05) is 6.92 Å². The van der Waals surface area contributed by atoms with E-state index in [2.05, 4.69) is 15.6 Å². The Hall–Kier alpha value is -1.36. The average Bonchev–Trinajstić information content (AvgIpc) is 2.78. The zero-order valence-electron chi connectivity index (χ0n) is 9.78. The lowest BCUT2D eigenvalue weighted by Gasteiger charge is -2.05. The molecule has 0 unspecified atom stereocenters. The van der Waals surface area contributed by atoms with Crippen molar-refractivity contribution in [3.8, 4) is 0 Å². The second kappa shape index (κ2) is 7.87. The van der Waals surface area contributed by atoms with Crippen LogP contribution in [0.1, 0.15) is 19.8 Å². The monoisotopic (exact) mass is 224 g/mol. The van der Waals surface area contributed by atoms with Gasteiger partial charge in [0.25, 0.3) is 0 Å². The van der Waals surface area contributed by atoms with Crippen LogP contribution in [0, 0.1) is 0 Å². The molecule has 1 amide bonds. The number of amides is 1. The highest BCUT2D eigenvalue weighted by Crippen LogP contribution is 1.89. The van der Waals surface area contributed by atoms with Crippen LogP contribution in [-0.2, 0) is 11.3 Å². The maximum absolute atomic E-state index is 11.3. The van der Waals surface area contributed by atoms with E-state index < -0.39 is 0 Å². The van der Waals surface area contributed by atoms with Crippen LogP contribution in [-0.4, -0.2) is 35.1 Å². The smallest absolute Gasteiger partial charge is 0.221 e. The van der Waals surface area contributed by atoms with E-state index in [-0.39, 0.29) is 5.91 Å². The fourth-order valence-corrected chi connectivity index (χ4v) is 1.38. The Morgan fingerprint density at radius 3 is 3.00 bits per heavy atom. The molecule has 0 radical (unpaired) electrons. The van der Waals surface area contributed by atoms with Crippen LogP contribution in [0.2, 0.25) is 0 Å². The molecule has 0 aliphatic carbocycles. The zero-order chi connectivity index (χ0) is 11.6. The summed E-state index contributed by atoms with van der Waals surface area (Å²) in [7, 11) is 0. The van der Waals surface area contributed by atoms with Gasteiger partial charge in [0.15, 0.2) is 0 Å². The third kappa shape index (κ3) is 5.50. The molecule has 1 aromatic heterocycles. The molecule has 5 heteroatoms. The first-order valence-electron chi connectivity index (χ1n) is 5.76. The number of nitrogens with one attached hydrogen (secondary N) is 2. The Balaban J connectivity index is 1.96. The van der Waals surface area contributed by atoms with Crippen LogP contribution in [0.15, 0.2) is 18.7 Å². The first kappa shape index (κ1) is 12.7. The van der Waals surface area contributed by atoms with E-state index in [0.717, 1.165) is 32.6 Å². The molecule has 0 aromatic carbocycles. The second-order valence-corrected chi connectivity index (χ2v) is 3.61. The summed E-state index contributed by atoms with van der Waals surface area (Å²) in [5.41, 5.74) is 0. The third-order valence-corrected chi connectivity index (χ3v) is 2.25. The van der Waals surface area contributed by atoms with Gasteiger partial charge in [0, 0.05) is 38.4 Å². The Bertz CT molecular complexity index is 284. The van der Waals surface area contributed by atoms with Crippen LogP contribution in [0.5, 0.6) is 0 Å². The van der Waals surface area contributed by atoms with Gasteiger partial charge < -0.3 is 15.2 Å². The van der Waals surface area contributed by atoms with Crippen molar-refractivity contribution in [3.05, 3.63) is 18.7 Å². The molecular formula is C11H20N4O. The summed E-state index contributed by atoms with van der Waals surface area (Å²) >= 11 is 0. The van der Waals surface area contributed by atoms with E-state index in [1.807, 2.05) is 17.7 Å². The highest BCUT2D eigenvalue weighted by molar-refractivity contribution is 5.75. The molecule has 1 aromatic rings. The molecule has 0 saturated carbocycles. The molecule has 1 heterocycles. The van der Waals surface area contributed by atoms with E-state index in [1.165, 1.54) is 0 Å². The number of nitrogens with zero attached hydrogens (tertiary/aromatic N) is 2. The highest BCUT2D eigenvalue weighted by Gasteiger charge is 1.99. The molecular weight excluding hydrogens is 204 g/mol. The summed E-state index contributed by atoms with van der Waals surface area (Å²) in [6.07, 6.45) is 6.96. The van der Waals surface area contributed by atoms with Crippen LogP contribution >= 0.6 is 0 Å². The first-order chi connectivity index (χ1) is 7.83. The third-order valence-electron chi connectivity index (χ3n) is 2.25. The van der Waals surface area contributed by atoms with Gasteiger partial charge in [-0.15, -0.1) is 0 Å². The summed E-state index contributed by atoms with van der Waals surface area (Å²) in [6.45, 7) is 5.32. The standard InChI is InChI=1S/C11H20N4O/c1-2-12-6-4-11(16)14-5-3-8-15-9-7-13-10-15/h7,9-10,12H,2-6,8H2,1H3,(H,14,16). The molecule has 5 nitrogen and oxygen atoms in total. The van der Waals surface area contributed by atoms with Crippen molar-refractivity contribution in [1.29, 1.82) is 0 Å². The van der Waals surface area contributed by atoms with Crippen LogP contribution in [0.3, 0.4) is 0 Å². The molecule has 0 aliphatic rings. The van der Waals surface area contributed by atoms with Gasteiger partial charge in [0.1, 0.15) is 0 Å². The van der Waals surface area contributed by atoms with E-state index in [0.29, 0.717) is 6.42 Å². The molecule has 0 aliphatic heterocycles.